The fraction of sp³-hybridized carbons (Fsp3) is 0.120. The number of anilines is 1. The zero-order valence-corrected chi connectivity index (χ0v) is 18.2. The maximum Gasteiger partial charge on any atom is 0.272 e. The van der Waals surface area contributed by atoms with Crippen LogP contribution in [-0.2, 0) is 9.59 Å². The molecule has 0 saturated heterocycles. The molecular weight excluding hydrogens is 410 g/mol. The van der Waals surface area contributed by atoms with Crippen molar-refractivity contribution in [1.29, 1.82) is 0 Å². The van der Waals surface area contributed by atoms with E-state index in [0.29, 0.717) is 33.2 Å². The lowest BCUT2D eigenvalue weighted by Crippen LogP contribution is -2.31. The second-order valence-corrected chi connectivity index (χ2v) is 8.05. The van der Waals surface area contributed by atoms with Gasteiger partial charge in [0.1, 0.15) is 0 Å². The molecule has 1 aliphatic rings. The molecule has 0 unspecified atom stereocenters. The van der Waals surface area contributed by atoms with E-state index in [9.17, 15) is 9.59 Å². The summed E-state index contributed by atoms with van der Waals surface area (Å²) in [6.07, 6.45) is 0. The van der Waals surface area contributed by atoms with Crippen molar-refractivity contribution < 1.29 is 19.1 Å². The number of carbonyl (C=O) groups is 2. The molecule has 0 saturated carbocycles. The van der Waals surface area contributed by atoms with Gasteiger partial charge in [-0.3, -0.25) is 9.59 Å². The highest BCUT2D eigenvalue weighted by Crippen LogP contribution is 2.43. The molecule has 5 nitrogen and oxygen atoms in total. The Balaban J connectivity index is 1.84. The van der Waals surface area contributed by atoms with Gasteiger partial charge in [0, 0.05) is 4.90 Å². The molecule has 0 aromatic heterocycles. The first kappa shape index (κ1) is 20.8. The summed E-state index contributed by atoms with van der Waals surface area (Å²) < 4.78 is 10.7. The lowest BCUT2D eigenvalue weighted by atomic mass is 10.1. The molecule has 0 radical (unpaired) electrons. The van der Waals surface area contributed by atoms with Crippen molar-refractivity contribution in [3.63, 3.8) is 0 Å². The predicted molar refractivity (Wildman–Crippen MR) is 122 cm³/mol. The first-order chi connectivity index (χ1) is 15.0. The van der Waals surface area contributed by atoms with Crippen LogP contribution in [0, 0.1) is 6.92 Å². The largest absolute Gasteiger partial charge is 0.493 e. The summed E-state index contributed by atoms with van der Waals surface area (Å²) in [6, 6.07) is 22.1. The number of nitrogens with zero attached hydrogens (tertiary/aromatic N) is 1. The molecule has 3 aromatic carbocycles. The number of thioether (sulfide) groups is 1. The Bertz CT molecular complexity index is 1170. The number of rotatable bonds is 6. The monoisotopic (exact) mass is 431 g/mol. The molecule has 1 aliphatic heterocycles. The van der Waals surface area contributed by atoms with Crippen molar-refractivity contribution in [3.8, 4) is 11.5 Å². The van der Waals surface area contributed by atoms with Gasteiger partial charge in [0.05, 0.1) is 30.4 Å². The van der Waals surface area contributed by atoms with Crippen LogP contribution in [0.25, 0.3) is 5.57 Å². The Morgan fingerprint density at radius 2 is 1.45 bits per heavy atom. The number of hydrogen-bond donors (Lipinski definition) is 0. The van der Waals surface area contributed by atoms with Gasteiger partial charge in [-0.15, -0.1) is 0 Å². The van der Waals surface area contributed by atoms with Crippen LogP contribution in [0.1, 0.15) is 11.1 Å². The molecule has 31 heavy (non-hydrogen) atoms. The van der Waals surface area contributed by atoms with E-state index >= 15 is 0 Å². The van der Waals surface area contributed by atoms with Crippen molar-refractivity contribution in [1.82, 2.24) is 0 Å². The summed E-state index contributed by atoms with van der Waals surface area (Å²) >= 11 is 1.29. The first-order valence-corrected chi connectivity index (χ1v) is 10.5. The number of benzene rings is 3. The van der Waals surface area contributed by atoms with Crippen LogP contribution >= 0.6 is 11.8 Å². The minimum atomic E-state index is -0.362. The van der Waals surface area contributed by atoms with Gasteiger partial charge in [0.2, 0.25) is 0 Å². The van der Waals surface area contributed by atoms with E-state index in [2.05, 4.69) is 0 Å². The smallest absolute Gasteiger partial charge is 0.272 e. The van der Waals surface area contributed by atoms with E-state index < -0.39 is 0 Å². The van der Waals surface area contributed by atoms with Crippen LogP contribution < -0.4 is 14.4 Å². The van der Waals surface area contributed by atoms with Crippen molar-refractivity contribution >= 4 is 34.8 Å². The van der Waals surface area contributed by atoms with Crippen LogP contribution in [-0.4, -0.2) is 26.0 Å². The van der Waals surface area contributed by atoms with Crippen LogP contribution in [0.3, 0.4) is 0 Å². The van der Waals surface area contributed by atoms with Gasteiger partial charge in [0.25, 0.3) is 11.8 Å². The molecule has 1 heterocycles. The Hall–Kier alpha value is -3.51. The highest BCUT2D eigenvalue weighted by Gasteiger charge is 2.40. The Kier molecular flexibility index (Phi) is 5.82. The molecule has 0 atom stereocenters. The zero-order chi connectivity index (χ0) is 22.0. The minimum Gasteiger partial charge on any atom is -0.493 e. The Labute approximate surface area is 185 Å². The zero-order valence-electron chi connectivity index (χ0n) is 17.4. The highest BCUT2D eigenvalue weighted by atomic mass is 32.2. The molecule has 156 valence electrons. The third kappa shape index (κ3) is 3.94. The van der Waals surface area contributed by atoms with Crippen molar-refractivity contribution in [2.45, 2.75) is 11.8 Å². The average Bonchev–Trinajstić information content (AvgIpc) is 3.04. The molecule has 3 aromatic rings. The van der Waals surface area contributed by atoms with E-state index in [1.807, 2.05) is 49.4 Å². The summed E-state index contributed by atoms with van der Waals surface area (Å²) in [4.78, 5) is 29.4. The third-order valence-electron chi connectivity index (χ3n) is 4.97. The molecule has 0 bridgehead atoms. The topological polar surface area (TPSA) is 55.8 Å². The molecule has 0 fully saturated rings. The van der Waals surface area contributed by atoms with Crippen molar-refractivity contribution in [2.24, 2.45) is 0 Å². The van der Waals surface area contributed by atoms with Crippen molar-refractivity contribution in [3.05, 3.63) is 88.8 Å². The number of amides is 2. The minimum absolute atomic E-state index is 0.340. The number of imide groups is 1. The Morgan fingerprint density at radius 3 is 2.10 bits per heavy atom. The quantitative estimate of drug-likeness (QED) is 0.509. The molecule has 0 N–H and O–H groups in total. The van der Waals surface area contributed by atoms with Crippen LogP contribution in [0.4, 0.5) is 5.69 Å². The fourth-order valence-corrected chi connectivity index (χ4v) is 4.40. The molecular formula is C25H21NO4S. The van der Waals surface area contributed by atoms with Gasteiger partial charge < -0.3 is 9.47 Å². The molecule has 4 rings (SSSR count). The second kappa shape index (κ2) is 8.70. The van der Waals surface area contributed by atoms with Gasteiger partial charge in [-0.1, -0.05) is 53.7 Å². The summed E-state index contributed by atoms with van der Waals surface area (Å²) in [7, 11) is 3.09. The number of aryl methyl sites for hydroxylation is 1. The van der Waals surface area contributed by atoms with Gasteiger partial charge in [-0.25, -0.2) is 4.90 Å². The lowest BCUT2D eigenvalue weighted by Gasteiger charge is -2.15. The fourth-order valence-electron chi connectivity index (χ4n) is 3.39. The summed E-state index contributed by atoms with van der Waals surface area (Å²) in [6.45, 7) is 1.96. The van der Waals surface area contributed by atoms with Crippen LogP contribution in [0.2, 0.25) is 0 Å². The summed E-state index contributed by atoms with van der Waals surface area (Å²) in [5.74, 6) is 0.342. The number of methoxy groups -OCH3 is 2. The van der Waals surface area contributed by atoms with Gasteiger partial charge in [-0.2, -0.15) is 0 Å². The van der Waals surface area contributed by atoms with E-state index in [0.717, 1.165) is 10.5 Å². The number of ether oxygens (including phenoxy) is 2. The van der Waals surface area contributed by atoms with Gasteiger partial charge >= 0.3 is 0 Å². The van der Waals surface area contributed by atoms with E-state index in [-0.39, 0.29) is 11.8 Å². The Morgan fingerprint density at radius 1 is 0.774 bits per heavy atom. The maximum atomic E-state index is 13.5. The average molecular weight is 432 g/mol. The second-order valence-electron chi connectivity index (χ2n) is 6.97. The summed E-state index contributed by atoms with van der Waals surface area (Å²) in [5, 5.41) is 0. The SMILES string of the molecule is COc1ccc(C2=C(Sc3ccccc3)C(=O)N(c3ccc(C)cc3)C2=O)cc1OC. The van der Waals surface area contributed by atoms with E-state index in [1.165, 1.54) is 23.8 Å². The lowest BCUT2D eigenvalue weighted by molar-refractivity contribution is -0.119. The van der Waals surface area contributed by atoms with E-state index in [4.69, 9.17) is 9.47 Å². The third-order valence-corrected chi connectivity index (χ3v) is 6.06. The molecule has 0 spiro atoms. The molecule has 2 amide bonds. The first-order valence-electron chi connectivity index (χ1n) is 9.68. The van der Waals surface area contributed by atoms with Crippen LogP contribution in [0.5, 0.6) is 11.5 Å². The highest BCUT2D eigenvalue weighted by molar-refractivity contribution is 8.04. The normalized spacial score (nSPS) is 13.7. The van der Waals surface area contributed by atoms with Gasteiger partial charge in [-0.05, 0) is 48.9 Å². The standard InChI is InChI=1S/C25H21NO4S/c1-16-9-12-18(13-10-16)26-24(27)22(17-11-14-20(29-2)21(15-17)30-3)23(25(26)28)31-19-7-5-4-6-8-19/h4-15H,1-3H3. The van der Waals surface area contributed by atoms with E-state index in [1.54, 1.807) is 37.4 Å². The number of hydrogen-bond acceptors (Lipinski definition) is 5. The van der Waals surface area contributed by atoms with Crippen LogP contribution in [0.15, 0.2) is 82.6 Å². The molecule has 6 heteroatoms. The molecule has 0 aliphatic carbocycles. The van der Waals surface area contributed by atoms with Gasteiger partial charge in [0.15, 0.2) is 11.5 Å². The maximum absolute atomic E-state index is 13.5. The number of carbonyl (C=O) groups excluding carboxylic acids is 2. The van der Waals surface area contributed by atoms with Crippen molar-refractivity contribution in [2.75, 3.05) is 19.1 Å². The summed E-state index contributed by atoms with van der Waals surface area (Å²) in [5.41, 5.74) is 2.54. The predicted octanol–water partition coefficient (Wildman–Crippen LogP) is 5.09.